The Balaban J connectivity index is 1.93. The highest BCUT2D eigenvalue weighted by Gasteiger charge is 2.14. The molecule has 0 saturated carbocycles. The van der Waals surface area contributed by atoms with E-state index in [9.17, 15) is 0 Å². The molecule has 2 aromatic carbocycles. The standard InChI is InChI=1S/C20H18Cl2N4/c1-2-3-9-23-20-17-12-26(15-6-4-5-13(21)10-15)25-19(17)16-11-14(22)7-8-18(16)24-20/h4-8,10-12H,2-3,9H2,1H3,(H,23,24). The van der Waals surface area contributed by atoms with E-state index in [0.717, 1.165) is 52.7 Å². The van der Waals surface area contributed by atoms with Crippen molar-refractivity contribution in [2.75, 3.05) is 11.9 Å². The number of unbranched alkanes of at least 4 members (excludes halogenated alkanes) is 1. The molecule has 26 heavy (non-hydrogen) atoms. The zero-order valence-electron chi connectivity index (χ0n) is 14.3. The average molecular weight is 385 g/mol. The monoisotopic (exact) mass is 384 g/mol. The molecule has 0 bridgehead atoms. The topological polar surface area (TPSA) is 42.7 Å². The van der Waals surface area contributed by atoms with Gasteiger partial charge in [0.05, 0.1) is 16.6 Å². The molecule has 4 aromatic rings. The Labute approximate surface area is 161 Å². The molecule has 0 fully saturated rings. The molecule has 132 valence electrons. The molecule has 4 nitrogen and oxygen atoms in total. The number of nitrogens with zero attached hydrogens (tertiary/aromatic N) is 3. The number of halogens is 2. The summed E-state index contributed by atoms with van der Waals surface area (Å²) in [6, 6.07) is 13.3. The van der Waals surface area contributed by atoms with Gasteiger partial charge in [-0.3, -0.25) is 0 Å². The van der Waals surface area contributed by atoms with E-state index in [2.05, 4.69) is 12.2 Å². The molecular weight excluding hydrogens is 367 g/mol. The summed E-state index contributed by atoms with van der Waals surface area (Å²) in [7, 11) is 0. The van der Waals surface area contributed by atoms with Gasteiger partial charge in [0.2, 0.25) is 0 Å². The predicted octanol–water partition coefficient (Wildman–Crippen LogP) is 6.09. The number of fused-ring (bicyclic) bond motifs is 3. The van der Waals surface area contributed by atoms with Crippen molar-refractivity contribution >= 4 is 50.8 Å². The van der Waals surface area contributed by atoms with Crippen molar-refractivity contribution in [2.45, 2.75) is 19.8 Å². The summed E-state index contributed by atoms with van der Waals surface area (Å²) in [4.78, 5) is 4.79. The van der Waals surface area contributed by atoms with Crippen LogP contribution in [-0.2, 0) is 0 Å². The van der Waals surface area contributed by atoms with Gasteiger partial charge in [0, 0.05) is 28.2 Å². The van der Waals surface area contributed by atoms with E-state index in [1.54, 1.807) is 0 Å². The van der Waals surface area contributed by atoms with E-state index in [1.807, 2.05) is 53.3 Å². The lowest BCUT2D eigenvalue weighted by Crippen LogP contribution is -2.03. The van der Waals surface area contributed by atoms with Gasteiger partial charge in [-0.2, -0.15) is 5.10 Å². The van der Waals surface area contributed by atoms with Crippen LogP contribution >= 0.6 is 23.2 Å². The van der Waals surface area contributed by atoms with Gasteiger partial charge in [-0.25, -0.2) is 9.67 Å². The first kappa shape index (κ1) is 17.1. The number of pyridine rings is 1. The second-order valence-corrected chi connectivity index (χ2v) is 7.09. The van der Waals surface area contributed by atoms with Gasteiger partial charge in [0.1, 0.15) is 11.3 Å². The molecule has 2 aromatic heterocycles. The van der Waals surface area contributed by atoms with Crippen molar-refractivity contribution in [3.8, 4) is 5.69 Å². The lowest BCUT2D eigenvalue weighted by Gasteiger charge is -2.08. The maximum Gasteiger partial charge on any atom is 0.137 e. The fourth-order valence-electron chi connectivity index (χ4n) is 2.99. The molecule has 4 rings (SSSR count). The van der Waals surface area contributed by atoms with E-state index in [0.29, 0.717) is 10.0 Å². The zero-order chi connectivity index (χ0) is 18.1. The highest BCUT2D eigenvalue weighted by molar-refractivity contribution is 6.31. The molecule has 2 heterocycles. The molecule has 0 atom stereocenters. The second-order valence-electron chi connectivity index (χ2n) is 6.22. The Hall–Kier alpha value is -2.30. The van der Waals surface area contributed by atoms with Gasteiger partial charge in [-0.15, -0.1) is 0 Å². The minimum atomic E-state index is 0.671. The molecule has 0 aliphatic rings. The maximum atomic E-state index is 6.21. The first-order valence-electron chi connectivity index (χ1n) is 8.64. The Kier molecular flexibility index (Phi) is 4.70. The summed E-state index contributed by atoms with van der Waals surface area (Å²) in [5, 5.41) is 11.5. The molecule has 0 saturated heterocycles. The van der Waals surface area contributed by atoms with E-state index in [-0.39, 0.29) is 0 Å². The summed E-state index contributed by atoms with van der Waals surface area (Å²) in [5.74, 6) is 0.844. The molecule has 6 heteroatoms. The lowest BCUT2D eigenvalue weighted by atomic mass is 10.1. The first-order chi connectivity index (χ1) is 12.7. The van der Waals surface area contributed by atoms with Crippen LogP contribution in [0.15, 0.2) is 48.7 Å². The van der Waals surface area contributed by atoms with Crippen LogP contribution in [0, 0.1) is 0 Å². The quantitative estimate of drug-likeness (QED) is 0.423. The normalized spacial score (nSPS) is 11.3. The summed E-state index contributed by atoms with van der Waals surface area (Å²) < 4.78 is 1.84. The van der Waals surface area contributed by atoms with E-state index >= 15 is 0 Å². The minimum Gasteiger partial charge on any atom is -0.369 e. The number of anilines is 1. The Bertz CT molecular complexity index is 1090. The molecule has 0 aliphatic carbocycles. The van der Waals surface area contributed by atoms with Crippen LogP contribution in [0.4, 0.5) is 5.82 Å². The molecule has 0 radical (unpaired) electrons. The number of benzene rings is 2. The first-order valence-corrected chi connectivity index (χ1v) is 9.40. The van der Waals surface area contributed by atoms with Crippen molar-refractivity contribution in [3.05, 3.63) is 58.7 Å². The Morgan fingerprint density at radius 3 is 2.69 bits per heavy atom. The minimum absolute atomic E-state index is 0.671. The smallest absolute Gasteiger partial charge is 0.137 e. The lowest BCUT2D eigenvalue weighted by molar-refractivity contribution is 0.832. The molecule has 0 amide bonds. The molecule has 0 spiro atoms. The summed E-state index contributed by atoms with van der Waals surface area (Å²) >= 11 is 12.4. The predicted molar refractivity (Wildman–Crippen MR) is 110 cm³/mol. The van der Waals surface area contributed by atoms with Gasteiger partial charge >= 0.3 is 0 Å². The Morgan fingerprint density at radius 1 is 1.04 bits per heavy atom. The van der Waals surface area contributed by atoms with Gasteiger partial charge in [-0.05, 0) is 42.8 Å². The third-order valence-corrected chi connectivity index (χ3v) is 4.78. The third-order valence-electron chi connectivity index (χ3n) is 4.31. The number of rotatable bonds is 5. The fraction of sp³-hybridized carbons (Fsp3) is 0.200. The summed E-state index contributed by atoms with van der Waals surface area (Å²) in [6.07, 6.45) is 4.20. The maximum absolute atomic E-state index is 6.21. The van der Waals surface area contributed by atoms with Crippen LogP contribution in [0.25, 0.3) is 27.5 Å². The van der Waals surface area contributed by atoms with Gasteiger partial charge in [-0.1, -0.05) is 42.6 Å². The summed E-state index contributed by atoms with van der Waals surface area (Å²) in [5.41, 5.74) is 2.65. The van der Waals surface area contributed by atoms with Crippen LogP contribution in [0.2, 0.25) is 10.0 Å². The van der Waals surface area contributed by atoms with Crippen LogP contribution in [0.1, 0.15) is 19.8 Å². The SMILES string of the molecule is CCCCNc1nc2ccc(Cl)cc2c2nn(-c3cccc(Cl)c3)cc12. The van der Waals surface area contributed by atoms with E-state index < -0.39 is 0 Å². The number of aromatic nitrogens is 3. The van der Waals surface area contributed by atoms with Gasteiger partial charge < -0.3 is 5.32 Å². The van der Waals surface area contributed by atoms with Gasteiger partial charge in [0.15, 0.2) is 0 Å². The third kappa shape index (κ3) is 3.22. The van der Waals surface area contributed by atoms with Crippen molar-refractivity contribution in [1.29, 1.82) is 0 Å². The molecular formula is C20H18Cl2N4. The van der Waals surface area contributed by atoms with E-state index in [4.69, 9.17) is 33.3 Å². The van der Waals surface area contributed by atoms with Crippen molar-refractivity contribution in [1.82, 2.24) is 14.8 Å². The van der Waals surface area contributed by atoms with Crippen LogP contribution in [0.3, 0.4) is 0 Å². The summed E-state index contributed by atoms with van der Waals surface area (Å²) in [6.45, 7) is 3.05. The van der Waals surface area contributed by atoms with E-state index in [1.165, 1.54) is 0 Å². The highest BCUT2D eigenvalue weighted by Crippen LogP contribution is 2.31. The number of hydrogen-bond donors (Lipinski definition) is 1. The number of hydrogen-bond acceptors (Lipinski definition) is 3. The molecule has 0 aliphatic heterocycles. The average Bonchev–Trinajstić information content (AvgIpc) is 3.08. The zero-order valence-corrected chi connectivity index (χ0v) is 15.8. The van der Waals surface area contributed by atoms with Crippen LogP contribution < -0.4 is 5.32 Å². The second kappa shape index (κ2) is 7.14. The largest absolute Gasteiger partial charge is 0.369 e. The Morgan fingerprint density at radius 2 is 1.88 bits per heavy atom. The van der Waals surface area contributed by atoms with Crippen molar-refractivity contribution in [2.24, 2.45) is 0 Å². The number of nitrogens with one attached hydrogen (secondary N) is 1. The van der Waals surface area contributed by atoms with Crippen LogP contribution in [0.5, 0.6) is 0 Å². The van der Waals surface area contributed by atoms with Gasteiger partial charge in [0.25, 0.3) is 0 Å². The highest BCUT2D eigenvalue weighted by atomic mass is 35.5. The van der Waals surface area contributed by atoms with Crippen molar-refractivity contribution in [3.63, 3.8) is 0 Å². The van der Waals surface area contributed by atoms with Crippen molar-refractivity contribution < 1.29 is 0 Å². The fourth-order valence-corrected chi connectivity index (χ4v) is 3.35. The van der Waals surface area contributed by atoms with Crippen LogP contribution in [-0.4, -0.2) is 21.3 Å². The molecule has 1 N–H and O–H groups in total. The molecule has 0 unspecified atom stereocenters.